The van der Waals surface area contributed by atoms with Gasteiger partial charge in [0.2, 0.25) is 0 Å². The highest BCUT2D eigenvalue weighted by Crippen LogP contribution is 2.21. The van der Waals surface area contributed by atoms with E-state index in [1.807, 2.05) is 0 Å². The lowest BCUT2D eigenvalue weighted by molar-refractivity contribution is -0.282. The quantitative estimate of drug-likeness (QED) is 0.453. The Balaban J connectivity index is 2.67. The predicted octanol–water partition coefficient (Wildman–Crippen LogP) is -1.54. The van der Waals surface area contributed by atoms with E-state index in [1.165, 1.54) is 7.11 Å². The van der Waals surface area contributed by atoms with Crippen molar-refractivity contribution in [1.29, 1.82) is 0 Å². The summed E-state index contributed by atoms with van der Waals surface area (Å²) in [7, 11) is 1.36. The van der Waals surface area contributed by atoms with Crippen LogP contribution in [0.25, 0.3) is 0 Å². The number of ether oxygens (including phenoxy) is 2. The van der Waals surface area contributed by atoms with E-state index in [-0.39, 0.29) is 0 Å². The SMILES string of the molecule is CO[C@H]1[C@@H](O)[C@@H](C)O[C@@H](O)[C@H]1O. The van der Waals surface area contributed by atoms with Crippen molar-refractivity contribution in [2.75, 3.05) is 7.11 Å². The first-order chi connectivity index (χ1) is 5.57. The minimum atomic E-state index is -1.28. The maximum atomic E-state index is 9.40. The van der Waals surface area contributed by atoms with Gasteiger partial charge in [0.05, 0.1) is 6.10 Å². The highest BCUT2D eigenvalue weighted by Gasteiger charge is 2.42. The second-order valence-electron chi connectivity index (χ2n) is 2.91. The molecule has 1 aliphatic heterocycles. The molecule has 3 N–H and O–H groups in total. The van der Waals surface area contributed by atoms with Gasteiger partial charge in [-0.2, -0.15) is 0 Å². The van der Waals surface area contributed by atoms with Crippen LogP contribution in [0.15, 0.2) is 0 Å². The molecule has 1 fully saturated rings. The van der Waals surface area contributed by atoms with Crippen LogP contribution in [0.3, 0.4) is 0 Å². The Morgan fingerprint density at radius 1 is 1.17 bits per heavy atom. The van der Waals surface area contributed by atoms with Crippen LogP contribution in [-0.4, -0.2) is 53.1 Å². The van der Waals surface area contributed by atoms with E-state index < -0.39 is 30.7 Å². The molecule has 0 saturated carbocycles. The molecule has 0 unspecified atom stereocenters. The zero-order chi connectivity index (χ0) is 9.30. The molecule has 5 atom stereocenters. The topological polar surface area (TPSA) is 79.2 Å². The van der Waals surface area contributed by atoms with E-state index in [1.54, 1.807) is 6.92 Å². The third kappa shape index (κ3) is 1.60. The maximum Gasteiger partial charge on any atom is 0.183 e. The van der Waals surface area contributed by atoms with Crippen LogP contribution in [0.5, 0.6) is 0 Å². The molecular formula is C7H14O5. The first kappa shape index (κ1) is 9.88. The Morgan fingerprint density at radius 2 is 1.75 bits per heavy atom. The van der Waals surface area contributed by atoms with Crippen molar-refractivity contribution >= 4 is 0 Å². The minimum absolute atomic E-state index is 0.534. The second-order valence-corrected chi connectivity index (χ2v) is 2.91. The Bertz CT molecular complexity index is 137. The van der Waals surface area contributed by atoms with Gasteiger partial charge in [0.1, 0.15) is 18.3 Å². The normalized spacial score (nSPS) is 49.2. The number of methoxy groups -OCH3 is 1. The van der Waals surface area contributed by atoms with Crippen LogP contribution in [-0.2, 0) is 9.47 Å². The van der Waals surface area contributed by atoms with Crippen molar-refractivity contribution in [3.05, 3.63) is 0 Å². The average molecular weight is 178 g/mol. The van der Waals surface area contributed by atoms with Crippen molar-refractivity contribution in [3.63, 3.8) is 0 Å². The fourth-order valence-corrected chi connectivity index (χ4v) is 1.29. The maximum absolute atomic E-state index is 9.40. The summed E-state index contributed by atoms with van der Waals surface area (Å²) >= 11 is 0. The first-order valence-electron chi connectivity index (χ1n) is 3.80. The second kappa shape index (κ2) is 3.68. The molecule has 1 rings (SSSR count). The molecule has 1 heterocycles. The Labute approximate surface area is 70.5 Å². The molecule has 1 aliphatic rings. The molecule has 0 aliphatic carbocycles. The highest BCUT2D eigenvalue weighted by atomic mass is 16.6. The summed E-state index contributed by atoms with van der Waals surface area (Å²) in [5, 5.41) is 27.8. The van der Waals surface area contributed by atoms with Crippen molar-refractivity contribution < 1.29 is 24.8 Å². The van der Waals surface area contributed by atoms with Gasteiger partial charge in [-0.1, -0.05) is 0 Å². The van der Waals surface area contributed by atoms with E-state index in [2.05, 4.69) is 0 Å². The lowest BCUT2D eigenvalue weighted by atomic mass is 10.00. The molecule has 1 saturated heterocycles. The van der Waals surface area contributed by atoms with Crippen LogP contribution in [0.2, 0.25) is 0 Å². The zero-order valence-electron chi connectivity index (χ0n) is 7.04. The first-order valence-corrected chi connectivity index (χ1v) is 3.80. The summed E-state index contributed by atoms with van der Waals surface area (Å²) in [6, 6.07) is 0. The van der Waals surface area contributed by atoms with E-state index in [0.29, 0.717) is 0 Å². The number of aliphatic hydroxyl groups excluding tert-OH is 3. The molecule has 0 spiro atoms. The molecule has 0 bridgehead atoms. The van der Waals surface area contributed by atoms with E-state index in [9.17, 15) is 10.2 Å². The smallest absolute Gasteiger partial charge is 0.183 e. The van der Waals surface area contributed by atoms with Gasteiger partial charge in [0.15, 0.2) is 6.29 Å². The third-order valence-corrected chi connectivity index (χ3v) is 2.07. The van der Waals surface area contributed by atoms with Crippen molar-refractivity contribution in [3.8, 4) is 0 Å². The summed E-state index contributed by atoms with van der Waals surface area (Å²) in [6.07, 6.45) is -4.71. The third-order valence-electron chi connectivity index (χ3n) is 2.07. The van der Waals surface area contributed by atoms with Crippen LogP contribution in [0, 0.1) is 0 Å². The average Bonchev–Trinajstić information content (AvgIpc) is 2.02. The molecular weight excluding hydrogens is 164 g/mol. The largest absolute Gasteiger partial charge is 0.388 e. The Hall–Kier alpha value is -0.200. The van der Waals surface area contributed by atoms with Gasteiger partial charge in [-0.05, 0) is 6.92 Å². The van der Waals surface area contributed by atoms with Crippen LogP contribution in [0.1, 0.15) is 6.92 Å². The summed E-state index contributed by atoms with van der Waals surface area (Å²) in [5.74, 6) is 0. The van der Waals surface area contributed by atoms with Crippen LogP contribution >= 0.6 is 0 Å². The van der Waals surface area contributed by atoms with Crippen molar-refractivity contribution in [2.24, 2.45) is 0 Å². The standard InChI is InChI=1S/C7H14O5/c1-3-4(8)6(11-2)5(9)7(10)12-3/h3-10H,1-2H3/t3-,4+,5+,6+,7-/m1/s1. The molecule has 72 valence electrons. The van der Waals surface area contributed by atoms with Crippen molar-refractivity contribution in [2.45, 2.75) is 37.6 Å². The van der Waals surface area contributed by atoms with Gasteiger partial charge in [0.25, 0.3) is 0 Å². The number of hydrogen-bond donors (Lipinski definition) is 3. The summed E-state index contributed by atoms with van der Waals surface area (Å²) < 4.78 is 9.63. The van der Waals surface area contributed by atoms with Gasteiger partial charge in [-0.3, -0.25) is 0 Å². The summed E-state index contributed by atoms with van der Waals surface area (Å²) in [4.78, 5) is 0. The molecule has 0 amide bonds. The Morgan fingerprint density at radius 3 is 2.25 bits per heavy atom. The van der Waals surface area contributed by atoms with Crippen molar-refractivity contribution in [1.82, 2.24) is 0 Å². The predicted molar refractivity (Wildman–Crippen MR) is 39.4 cm³/mol. The van der Waals surface area contributed by atoms with Gasteiger partial charge in [0, 0.05) is 7.11 Å². The molecule has 5 nitrogen and oxygen atoms in total. The lowest BCUT2D eigenvalue weighted by Gasteiger charge is -2.38. The van der Waals surface area contributed by atoms with Crippen LogP contribution in [0.4, 0.5) is 0 Å². The Kier molecular flexibility index (Phi) is 3.03. The summed E-state index contributed by atoms with van der Waals surface area (Å²) in [6.45, 7) is 1.60. The zero-order valence-corrected chi connectivity index (χ0v) is 7.04. The lowest BCUT2D eigenvalue weighted by Crippen LogP contribution is -2.57. The number of aliphatic hydroxyl groups is 3. The number of rotatable bonds is 1. The van der Waals surface area contributed by atoms with E-state index >= 15 is 0 Å². The minimum Gasteiger partial charge on any atom is -0.388 e. The summed E-state index contributed by atoms with van der Waals surface area (Å²) in [5.41, 5.74) is 0. The molecule has 0 aromatic rings. The van der Waals surface area contributed by atoms with Crippen LogP contribution < -0.4 is 0 Å². The van der Waals surface area contributed by atoms with E-state index in [4.69, 9.17) is 14.6 Å². The molecule has 12 heavy (non-hydrogen) atoms. The molecule has 0 aromatic carbocycles. The van der Waals surface area contributed by atoms with Gasteiger partial charge < -0.3 is 24.8 Å². The fourth-order valence-electron chi connectivity index (χ4n) is 1.29. The molecule has 0 aromatic heterocycles. The molecule has 0 radical (unpaired) electrons. The molecule has 5 heteroatoms. The number of hydrogen-bond acceptors (Lipinski definition) is 5. The van der Waals surface area contributed by atoms with E-state index in [0.717, 1.165) is 0 Å². The van der Waals surface area contributed by atoms with Gasteiger partial charge in [-0.15, -0.1) is 0 Å². The monoisotopic (exact) mass is 178 g/mol. The highest BCUT2D eigenvalue weighted by molar-refractivity contribution is 4.87. The fraction of sp³-hybridized carbons (Fsp3) is 1.00. The van der Waals surface area contributed by atoms with Gasteiger partial charge in [-0.25, -0.2) is 0 Å². The van der Waals surface area contributed by atoms with Gasteiger partial charge >= 0.3 is 0 Å².